The third-order valence-electron chi connectivity index (χ3n) is 1.79. The van der Waals surface area contributed by atoms with Gasteiger partial charge >= 0.3 is 23.2 Å². The van der Waals surface area contributed by atoms with E-state index < -0.39 is 29.1 Å². The molecule has 1 heterocycles. The molecule has 0 aromatic carbocycles. The monoisotopic (exact) mass is 319 g/mol. The molecule has 1 aliphatic heterocycles. The van der Waals surface area contributed by atoms with Crippen molar-refractivity contribution in [1.29, 1.82) is 0 Å². The largest absolute Gasteiger partial charge is 0.424 e. The maximum absolute atomic E-state index is 13.8. The maximum atomic E-state index is 13.8. The third kappa shape index (κ3) is 3.45. The highest BCUT2D eigenvalue weighted by molar-refractivity contribution is 7.81. The minimum atomic E-state index is -5.65. The smallest absolute Gasteiger partial charge is 0.168 e. The molecule has 11 heteroatoms. The Kier molecular flexibility index (Phi) is 3.44. The van der Waals surface area contributed by atoms with Crippen molar-refractivity contribution in [2.75, 3.05) is 0 Å². The molecule has 0 N–H and O–H groups in total. The number of nitrogens with zero attached hydrogens (tertiary/aromatic N) is 3. The Morgan fingerprint density at radius 2 is 1.39 bits per heavy atom. The van der Waals surface area contributed by atoms with Crippen molar-refractivity contribution in [3.8, 4) is 11.6 Å². The van der Waals surface area contributed by atoms with E-state index in [4.69, 9.17) is 0 Å². The van der Waals surface area contributed by atoms with Crippen molar-refractivity contribution < 1.29 is 21.0 Å². The standard InChI is InChI=1S/C7H5F5N3P3/c8-16(6-5-7-3-1-2-4-7)13-17(9,10)15-18(11,12)14-16/h1-4,7H. The average Bonchev–Trinajstić information content (AvgIpc) is 2.60. The SMILES string of the molecule is FP1(F)=NP(F)(F)=NP(F)(C#CC2C=CC=C2)=N1. The highest BCUT2D eigenvalue weighted by Crippen LogP contribution is 2.81. The van der Waals surface area contributed by atoms with Gasteiger partial charge in [0.25, 0.3) is 0 Å². The fourth-order valence-corrected chi connectivity index (χ4v) is 6.58. The molecule has 0 saturated heterocycles. The first kappa shape index (κ1) is 13.8. The van der Waals surface area contributed by atoms with E-state index in [1.54, 1.807) is 30.0 Å². The predicted octanol–water partition coefficient (Wildman–Crippen LogP) is 6.47. The van der Waals surface area contributed by atoms with Gasteiger partial charge in [-0.15, -0.1) is 30.3 Å². The first-order valence-electron chi connectivity index (χ1n) is 4.47. The average molecular weight is 319 g/mol. The summed E-state index contributed by atoms with van der Waals surface area (Å²) >= 11 is 0. The highest BCUT2D eigenvalue weighted by Gasteiger charge is 2.38. The second-order valence-corrected chi connectivity index (χ2v) is 8.50. The van der Waals surface area contributed by atoms with Crippen LogP contribution in [0.15, 0.2) is 37.9 Å². The summed E-state index contributed by atoms with van der Waals surface area (Å²) in [7, 11) is -16.1. The number of hydrogen-bond acceptors (Lipinski definition) is 3. The van der Waals surface area contributed by atoms with Crippen LogP contribution in [0.2, 0.25) is 0 Å². The molecule has 3 nitrogen and oxygen atoms in total. The predicted molar refractivity (Wildman–Crippen MR) is 63.1 cm³/mol. The van der Waals surface area contributed by atoms with Gasteiger partial charge in [0.15, 0.2) is 0 Å². The zero-order chi connectivity index (χ0) is 13.4. The molecule has 0 saturated carbocycles. The normalized spacial score (nSPS) is 31.8. The summed E-state index contributed by atoms with van der Waals surface area (Å²) in [4.78, 5) is 0. The molecule has 1 atom stereocenters. The van der Waals surface area contributed by atoms with Crippen LogP contribution in [0, 0.1) is 17.5 Å². The van der Waals surface area contributed by atoms with Crippen LogP contribution in [-0.4, -0.2) is 0 Å². The lowest BCUT2D eigenvalue weighted by Gasteiger charge is -2.12. The van der Waals surface area contributed by atoms with E-state index in [1.807, 2.05) is 4.52 Å². The van der Waals surface area contributed by atoms with E-state index in [9.17, 15) is 21.0 Å². The molecule has 98 valence electrons. The molecule has 0 aromatic heterocycles. The van der Waals surface area contributed by atoms with Gasteiger partial charge in [-0.3, -0.25) is 0 Å². The molecule has 0 fully saturated rings. The van der Waals surface area contributed by atoms with Crippen LogP contribution >= 0.6 is 23.2 Å². The Bertz CT molecular complexity index is 636. The summed E-state index contributed by atoms with van der Waals surface area (Å²) in [5.74, 6) is 1.77. The maximum Gasteiger partial charge on any atom is 0.424 e. The Morgan fingerprint density at radius 3 is 1.94 bits per heavy atom. The van der Waals surface area contributed by atoms with Gasteiger partial charge in [-0.25, -0.2) is 0 Å². The molecule has 0 bridgehead atoms. The topological polar surface area (TPSA) is 37.1 Å². The van der Waals surface area contributed by atoms with Crippen molar-refractivity contribution in [3.63, 3.8) is 0 Å². The third-order valence-corrected chi connectivity index (χ3v) is 7.54. The Morgan fingerprint density at radius 1 is 0.833 bits per heavy atom. The second kappa shape index (κ2) is 4.49. The van der Waals surface area contributed by atoms with Gasteiger partial charge in [0.2, 0.25) is 0 Å². The van der Waals surface area contributed by atoms with E-state index in [1.165, 1.54) is 0 Å². The van der Waals surface area contributed by atoms with Crippen LogP contribution < -0.4 is 0 Å². The van der Waals surface area contributed by atoms with Crippen LogP contribution in [0.1, 0.15) is 0 Å². The fraction of sp³-hybridized carbons (Fsp3) is 0.143. The Labute approximate surface area is 100 Å². The summed E-state index contributed by atoms with van der Waals surface area (Å²) in [6.45, 7) is 0. The molecule has 2 rings (SSSR count). The van der Waals surface area contributed by atoms with Gasteiger partial charge in [0.05, 0.1) is 5.92 Å². The van der Waals surface area contributed by atoms with Gasteiger partial charge in [-0.1, -0.05) is 30.2 Å². The van der Waals surface area contributed by atoms with Crippen molar-refractivity contribution in [1.82, 2.24) is 0 Å². The van der Waals surface area contributed by atoms with E-state index in [0.717, 1.165) is 0 Å². The number of halogens is 5. The van der Waals surface area contributed by atoms with Gasteiger partial charge in [0.1, 0.15) is 0 Å². The minimum absolute atomic E-state index is 0.485. The Balaban J connectivity index is 2.46. The molecule has 2 aliphatic rings. The van der Waals surface area contributed by atoms with E-state index >= 15 is 0 Å². The molecular weight excluding hydrogens is 314 g/mol. The quantitative estimate of drug-likeness (QED) is 0.279. The van der Waals surface area contributed by atoms with Gasteiger partial charge in [-0.05, 0) is 5.66 Å². The van der Waals surface area contributed by atoms with Crippen molar-refractivity contribution in [2.24, 2.45) is 19.5 Å². The van der Waals surface area contributed by atoms with Crippen LogP contribution in [0.5, 0.6) is 0 Å². The van der Waals surface area contributed by atoms with E-state index in [2.05, 4.69) is 15.0 Å². The van der Waals surface area contributed by atoms with Gasteiger partial charge < -0.3 is 0 Å². The van der Waals surface area contributed by atoms with Crippen molar-refractivity contribution in [2.45, 2.75) is 0 Å². The van der Waals surface area contributed by atoms with Gasteiger partial charge in [0, 0.05) is 0 Å². The minimum Gasteiger partial charge on any atom is -0.168 e. The molecule has 0 spiro atoms. The fourth-order valence-electron chi connectivity index (χ4n) is 1.20. The molecule has 0 radical (unpaired) electrons. The lowest BCUT2D eigenvalue weighted by atomic mass is 10.2. The first-order valence-corrected chi connectivity index (χ1v) is 9.01. The number of rotatable bonds is 0. The first-order chi connectivity index (χ1) is 8.20. The second-order valence-electron chi connectivity index (χ2n) is 3.26. The van der Waals surface area contributed by atoms with E-state index in [0.29, 0.717) is 0 Å². The lowest BCUT2D eigenvalue weighted by Crippen LogP contribution is -1.81. The summed E-state index contributed by atoms with van der Waals surface area (Å²) in [6, 6.07) is 0. The Hall–Kier alpha value is -0.620. The summed E-state index contributed by atoms with van der Waals surface area (Å²) in [6.07, 6.45) is 6.37. The summed E-state index contributed by atoms with van der Waals surface area (Å²) < 4.78 is 72.0. The summed E-state index contributed by atoms with van der Waals surface area (Å²) in [5, 5.41) is 0. The van der Waals surface area contributed by atoms with E-state index in [-0.39, 0.29) is 0 Å². The zero-order valence-electron chi connectivity index (χ0n) is 8.46. The lowest BCUT2D eigenvalue weighted by molar-refractivity contribution is 0.698. The molecule has 1 aliphatic carbocycles. The highest BCUT2D eigenvalue weighted by atomic mass is 31.3. The van der Waals surface area contributed by atoms with Crippen molar-refractivity contribution in [3.05, 3.63) is 24.3 Å². The van der Waals surface area contributed by atoms with Crippen LogP contribution in [-0.2, 0) is 0 Å². The molecular formula is C7H5F5N3P3. The number of allylic oxidation sites excluding steroid dienone is 4. The van der Waals surface area contributed by atoms with Crippen LogP contribution in [0.4, 0.5) is 21.0 Å². The van der Waals surface area contributed by atoms with Crippen LogP contribution in [0.3, 0.4) is 0 Å². The zero-order valence-corrected chi connectivity index (χ0v) is 11.1. The summed E-state index contributed by atoms with van der Waals surface area (Å²) in [5.41, 5.74) is 1.75. The molecule has 18 heavy (non-hydrogen) atoms. The van der Waals surface area contributed by atoms with Crippen LogP contribution in [0.25, 0.3) is 0 Å². The molecule has 1 unspecified atom stereocenters. The molecule has 0 amide bonds. The van der Waals surface area contributed by atoms with Crippen molar-refractivity contribution >= 4 is 23.2 Å². The van der Waals surface area contributed by atoms with Gasteiger partial charge in [-0.2, -0.15) is 4.20 Å². The molecule has 0 aromatic rings. The number of hydrogen-bond donors (Lipinski definition) is 0.